The molecular weight excluding hydrogens is 250 g/mol. The number of hydrogen-bond acceptors (Lipinski definition) is 5. The largest absolute Gasteiger partial charge is 0.385 e. The first-order valence-electron chi connectivity index (χ1n) is 5.94. The Morgan fingerprint density at radius 3 is 2.94 bits per heavy atom. The topological polar surface area (TPSA) is 77.2 Å². The Labute approximate surface area is 112 Å². The molecule has 18 heavy (non-hydrogen) atoms. The van der Waals surface area contributed by atoms with Gasteiger partial charge in [0.15, 0.2) is 0 Å². The van der Waals surface area contributed by atoms with Gasteiger partial charge in [-0.05, 0) is 26.7 Å². The zero-order chi connectivity index (χ0) is 13.6. The first-order chi connectivity index (χ1) is 8.47. The lowest BCUT2D eigenvalue weighted by Gasteiger charge is -2.25. The van der Waals surface area contributed by atoms with Crippen LogP contribution in [0.5, 0.6) is 0 Å². The maximum atomic E-state index is 11.9. The number of amides is 1. The van der Waals surface area contributed by atoms with Crippen LogP contribution in [0, 0.1) is 0 Å². The lowest BCUT2D eigenvalue weighted by atomic mass is 10.0. The van der Waals surface area contributed by atoms with Crippen molar-refractivity contribution in [2.75, 3.05) is 13.7 Å². The van der Waals surface area contributed by atoms with Crippen LogP contribution in [-0.4, -0.2) is 30.6 Å². The van der Waals surface area contributed by atoms with Gasteiger partial charge >= 0.3 is 0 Å². The van der Waals surface area contributed by atoms with Crippen LogP contribution in [0.4, 0.5) is 0 Å². The van der Waals surface area contributed by atoms with Crippen molar-refractivity contribution in [2.24, 2.45) is 5.73 Å². The van der Waals surface area contributed by atoms with Crippen LogP contribution < -0.4 is 11.1 Å². The number of carbonyl (C=O) groups is 1. The molecule has 0 radical (unpaired) electrons. The monoisotopic (exact) mass is 271 g/mol. The molecule has 0 aliphatic carbocycles. The minimum absolute atomic E-state index is 0.147. The molecule has 1 rings (SSSR count). The van der Waals surface area contributed by atoms with Gasteiger partial charge in [-0.15, -0.1) is 11.3 Å². The highest BCUT2D eigenvalue weighted by Gasteiger charge is 2.27. The summed E-state index contributed by atoms with van der Waals surface area (Å²) in [6.45, 7) is 4.47. The van der Waals surface area contributed by atoms with Gasteiger partial charge in [0.05, 0.1) is 11.6 Å². The summed E-state index contributed by atoms with van der Waals surface area (Å²) in [4.78, 5) is 16.2. The van der Waals surface area contributed by atoms with Crippen molar-refractivity contribution >= 4 is 17.2 Å². The maximum absolute atomic E-state index is 11.9. The van der Waals surface area contributed by atoms with Crippen LogP contribution in [0.15, 0.2) is 11.6 Å². The Morgan fingerprint density at radius 1 is 1.67 bits per heavy atom. The van der Waals surface area contributed by atoms with E-state index in [2.05, 4.69) is 10.3 Å². The van der Waals surface area contributed by atoms with Crippen molar-refractivity contribution in [3.8, 4) is 0 Å². The van der Waals surface area contributed by atoms with Gasteiger partial charge in [0, 0.05) is 25.3 Å². The molecule has 1 aromatic rings. The molecule has 0 aromatic carbocycles. The molecule has 3 N–H and O–H groups in total. The number of nitrogens with two attached hydrogens (primary N) is 1. The Balaban J connectivity index is 2.48. The van der Waals surface area contributed by atoms with Crippen LogP contribution in [-0.2, 0) is 15.1 Å². The summed E-state index contributed by atoms with van der Waals surface area (Å²) >= 11 is 1.52. The summed E-state index contributed by atoms with van der Waals surface area (Å²) in [5.74, 6) is -0.147. The van der Waals surface area contributed by atoms with Gasteiger partial charge in [-0.25, -0.2) is 4.98 Å². The van der Waals surface area contributed by atoms with Crippen molar-refractivity contribution < 1.29 is 9.53 Å². The van der Waals surface area contributed by atoms with E-state index in [1.807, 2.05) is 19.2 Å². The standard InChI is InChI=1S/C12H21N3O2S/c1-12(2,11-14-6-8-18-11)15-10(16)9(13)5-4-7-17-3/h6,8-9H,4-5,7,13H2,1-3H3,(H,15,16). The quantitative estimate of drug-likeness (QED) is 0.732. The average molecular weight is 271 g/mol. The highest BCUT2D eigenvalue weighted by Crippen LogP contribution is 2.22. The molecular formula is C12H21N3O2S. The molecule has 1 heterocycles. The van der Waals surface area contributed by atoms with E-state index < -0.39 is 11.6 Å². The first-order valence-corrected chi connectivity index (χ1v) is 6.82. The van der Waals surface area contributed by atoms with Crippen molar-refractivity contribution in [2.45, 2.75) is 38.3 Å². The van der Waals surface area contributed by atoms with Gasteiger partial charge < -0.3 is 15.8 Å². The molecule has 1 unspecified atom stereocenters. The molecule has 0 aliphatic rings. The van der Waals surface area contributed by atoms with Gasteiger partial charge in [-0.2, -0.15) is 0 Å². The smallest absolute Gasteiger partial charge is 0.237 e. The number of aromatic nitrogens is 1. The summed E-state index contributed by atoms with van der Waals surface area (Å²) in [5, 5.41) is 5.69. The highest BCUT2D eigenvalue weighted by atomic mass is 32.1. The van der Waals surface area contributed by atoms with E-state index >= 15 is 0 Å². The molecule has 1 amide bonds. The van der Waals surface area contributed by atoms with E-state index in [1.54, 1.807) is 13.3 Å². The van der Waals surface area contributed by atoms with Crippen LogP contribution in [0.25, 0.3) is 0 Å². The van der Waals surface area contributed by atoms with Crippen molar-refractivity contribution in [1.29, 1.82) is 0 Å². The van der Waals surface area contributed by atoms with Crippen LogP contribution in [0.1, 0.15) is 31.7 Å². The predicted octanol–water partition coefficient (Wildman–Crippen LogP) is 1.25. The number of rotatable bonds is 7. The van der Waals surface area contributed by atoms with Gasteiger partial charge in [0.1, 0.15) is 5.01 Å². The summed E-state index contributed by atoms with van der Waals surface area (Å²) in [5.41, 5.74) is 5.35. The lowest BCUT2D eigenvalue weighted by Crippen LogP contribution is -2.48. The zero-order valence-electron chi connectivity index (χ0n) is 11.1. The predicted molar refractivity (Wildman–Crippen MR) is 72.4 cm³/mol. The Bertz CT molecular complexity index is 365. The zero-order valence-corrected chi connectivity index (χ0v) is 11.9. The summed E-state index contributed by atoms with van der Waals surface area (Å²) < 4.78 is 4.94. The molecule has 0 bridgehead atoms. The van der Waals surface area contributed by atoms with E-state index in [-0.39, 0.29) is 5.91 Å². The Morgan fingerprint density at radius 2 is 2.39 bits per heavy atom. The van der Waals surface area contributed by atoms with Crippen LogP contribution in [0.3, 0.4) is 0 Å². The summed E-state index contributed by atoms with van der Waals surface area (Å²) in [6, 6.07) is -0.501. The molecule has 0 saturated heterocycles. The van der Waals surface area contributed by atoms with E-state index in [1.165, 1.54) is 11.3 Å². The van der Waals surface area contributed by atoms with Crippen LogP contribution >= 0.6 is 11.3 Å². The second-order valence-corrected chi connectivity index (χ2v) is 5.59. The number of ether oxygens (including phenoxy) is 1. The van der Waals surface area contributed by atoms with Gasteiger partial charge in [-0.3, -0.25) is 4.79 Å². The van der Waals surface area contributed by atoms with Gasteiger partial charge in [0.2, 0.25) is 5.91 Å². The molecule has 1 atom stereocenters. The number of thiazole rings is 1. The van der Waals surface area contributed by atoms with Gasteiger partial charge in [0.25, 0.3) is 0 Å². The molecule has 6 heteroatoms. The van der Waals surface area contributed by atoms with E-state index in [0.717, 1.165) is 11.4 Å². The number of carbonyl (C=O) groups excluding carboxylic acids is 1. The molecule has 0 aliphatic heterocycles. The second kappa shape index (κ2) is 6.82. The third kappa shape index (κ3) is 4.36. The Hall–Kier alpha value is -0.980. The number of nitrogens with one attached hydrogen (secondary N) is 1. The third-order valence-corrected chi connectivity index (χ3v) is 3.70. The Kier molecular flexibility index (Phi) is 5.71. The lowest BCUT2D eigenvalue weighted by molar-refractivity contribution is -0.124. The first kappa shape index (κ1) is 15.1. The summed E-state index contributed by atoms with van der Waals surface area (Å²) in [7, 11) is 1.64. The molecule has 0 spiro atoms. The van der Waals surface area contributed by atoms with Crippen molar-refractivity contribution in [3.05, 3.63) is 16.6 Å². The number of nitrogens with zero attached hydrogens (tertiary/aromatic N) is 1. The molecule has 5 nitrogen and oxygen atoms in total. The number of hydrogen-bond donors (Lipinski definition) is 2. The SMILES string of the molecule is COCCCC(N)C(=O)NC(C)(C)c1nccs1. The fourth-order valence-corrected chi connectivity index (χ4v) is 2.28. The minimum atomic E-state index is -0.501. The molecule has 0 fully saturated rings. The molecule has 1 aromatic heterocycles. The van der Waals surface area contributed by atoms with Crippen molar-refractivity contribution in [3.63, 3.8) is 0 Å². The second-order valence-electron chi connectivity index (χ2n) is 4.69. The van der Waals surface area contributed by atoms with Crippen molar-refractivity contribution in [1.82, 2.24) is 10.3 Å². The average Bonchev–Trinajstić information content (AvgIpc) is 2.82. The minimum Gasteiger partial charge on any atom is -0.385 e. The fraction of sp³-hybridized carbons (Fsp3) is 0.667. The molecule has 102 valence electrons. The van der Waals surface area contributed by atoms with Gasteiger partial charge in [-0.1, -0.05) is 0 Å². The van der Waals surface area contributed by atoms with E-state index in [4.69, 9.17) is 10.5 Å². The van der Waals surface area contributed by atoms with E-state index in [0.29, 0.717) is 13.0 Å². The summed E-state index contributed by atoms with van der Waals surface area (Å²) in [6.07, 6.45) is 3.13. The van der Waals surface area contributed by atoms with Crippen LogP contribution in [0.2, 0.25) is 0 Å². The maximum Gasteiger partial charge on any atom is 0.237 e. The third-order valence-electron chi connectivity index (χ3n) is 2.60. The number of methoxy groups -OCH3 is 1. The van der Waals surface area contributed by atoms with E-state index in [9.17, 15) is 4.79 Å². The fourth-order valence-electron chi connectivity index (χ4n) is 1.56. The molecule has 0 saturated carbocycles. The normalized spacial score (nSPS) is 13.3. The highest BCUT2D eigenvalue weighted by molar-refractivity contribution is 7.09.